The van der Waals surface area contributed by atoms with E-state index in [4.69, 9.17) is 5.73 Å². The van der Waals surface area contributed by atoms with Gasteiger partial charge in [-0.05, 0) is 40.2 Å². The van der Waals surface area contributed by atoms with Crippen LogP contribution in [0.3, 0.4) is 0 Å². The van der Waals surface area contributed by atoms with Crippen molar-refractivity contribution in [3.05, 3.63) is 41.1 Å². The zero-order valence-corrected chi connectivity index (χ0v) is 10.1. The van der Waals surface area contributed by atoms with Crippen molar-refractivity contribution in [2.24, 2.45) is 0 Å². The van der Waals surface area contributed by atoms with Gasteiger partial charge in [0.05, 0.1) is 4.47 Å². The number of nitrogens with zero attached hydrogens (tertiary/aromatic N) is 2. The van der Waals surface area contributed by atoms with Crippen LogP contribution in [0.1, 0.15) is 0 Å². The smallest absolute Gasteiger partial charge is 0.124 e. The zero-order valence-electron chi connectivity index (χ0n) is 7.72. The largest absolute Gasteiger partial charge is 0.384 e. The maximum absolute atomic E-state index is 5.59. The minimum Gasteiger partial charge on any atom is -0.384 e. The van der Waals surface area contributed by atoms with Crippen molar-refractivity contribution >= 4 is 33.5 Å². The Balaban J connectivity index is 2.26. The van der Waals surface area contributed by atoms with E-state index >= 15 is 0 Å². The Labute approximate surface area is 100 Å². The molecule has 0 unspecified atom stereocenters. The monoisotopic (exact) mass is 281 g/mol. The van der Waals surface area contributed by atoms with Crippen LogP contribution in [0.25, 0.3) is 0 Å². The number of pyridine rings is 2. The molecular formula is C10H8BrN3S. The molecule has 15 heavy (non-hydrogen) atoms. The van der Waals surface area contributed by atoms with Crippen LogP contribution in [0.2, 0.25) is 0 Å². The summed E-state index contributed by atoms with van der Waals surface area (Å²) in [6, 6.07) is 7.57. The van der Waals surface area contributed by atoms with Crippen molar-refractivity contribution in [2.75, 3.05) is 5.73 Å². The average molecular weight is 282 g/mol. The third kappa shape index (κ3) is 2.70. The van der Waals surface area contributed by atoms with E-state index in [-0.39, 0.29) is 0 Å². The minimum atomic E-state index is 0.520. The topological polar surface area (TPSA) is 51.8 Å². The highest BCUT2D eigenvalue weighted by Crippen LogP contribution is 2.31. The minimum absolute atomic E-state index is 0.520. The quantitative estimate of drug-likeness (QED) is 0.920. The summed E-state index contributed by atoms with van der Waals surface area (Å²) in [5, 5.41) is 0.920. The third-order valence-corrected chi connectivity index (χ3v) is 3.60. The highest BCUT2D eigenvalue weighted by atomic mass is 79.9. The predicted molar refractivity (Wildman–Crippen MR) is 64.7 cm³/mol. The van der Waals surface area contributed by atoms with Gasteiger partial charge in [0.25, 0.3) is 0 Å². The summed E-state index contributed by atoms with van der Waals surface area (Å²) in [7, 11) is 0. The number of halogens is 1. The Morgan fingerprint density at radius 2 is 2.07 bits per heavy atom. The molecule has 0 saturated carbocycles. The van der Waals surface area contributed by atoms with E-state index in [0.29, 0.717) is 5.82 Å². The highest BCUT2D eigenvalue weighted by molar-refractivity contribution is 9.10. The van der Waals surface area contributed by atoms with E-state index in [0.717, 1.165) is 14.4 Å². The Morgan fingerprint density at radius 1 is 1.20 bits per heavy atom. The number of nitrogens with two attached hydrogens (primary N) is 1. The lowest BCUT2D eigenvalue weighted by molar-refractivity contribution is 1.11. The summed E-state index contributed by atoms with van der Waals surface area (Å²) in [6.45, 7) is 0. The molecule has 2 aromatic rings. The molecule has 0 atom stereocenters. The van der Waals surface area contributed by atoms with Gasteiger partial charge in [-0.15, -0.1) is 0 Å². The van der Waals surface area contributed by atoms with Crippen LogP contribution in [-0.2, 0) is 0 Å². The summed E-state index contributed by atoms with van der Waals surface area (Å²) in [5.41, 5.74) is 5.59. The molecule has 0 radical (unpaired) electrons. The normalized spacial score (nSPS) is 10.2. The molecule has 2 heterocycles. The maximum Gasteiger partial charge on any atom is 0.124 e. The van der Waals surface area contributed by atoms with Gasteiger partial charge in [-0.1, -0.05) is 11.8 Å². The maximum atomic E-state index is 5.59. The van der Waals surface area contributed by atoms with Gasteiger partial charge >= 0.3 is 0 Å². The van der Waals surface area contributed by atoms with Crippen LogP contribution in [0.4, 0.5) is 5.82 Å². The summed E-state index contributed by atoms with van der Waals surface area (Å²) in [6.07, 6.45) is 3.45. The molecule has 0 spiro atoms. The van der Waals surface area contributed by atoms with E-state index in [1.54, 1.807) is 24.2 Å². The Kier molecular flexibility index (Phi) is 3.23. The third-order valence-electron chi connectivity index (χ3n) is 1.69. The molecule has 0 fully saturated rings. The van der Waals surface area contributed by atoms with Gasteiger partial charge in [0.15, 0.2) is 0 Å². The number of anilines is 1. The van der Waals surface area contributed by atoms with Crippen molar-refractivity contribution in [2.45, 2.75) is 9.92 Å². The van der Waals surface area contributed by atoms with Gasteiger partial charge in [-0.2, -0.15) is 0 Å². The van der Waals surface area contributed by atoms with E-state index in [9.17, 15) is 0 Å². The first-order valence-corrected chi connectivity index (χ1v) is 5.86. The predicted octanol–water partition coefficient (Wildman–Crippen LogP) is 2.97. The van der Waals surface area contributed by atoms with Gasteiger partial charge in [-0.3, -0.25) is 0 Å². The van der Waals surface area contributed by atoms with Gasteiger partial charge in [-0.25, -0.2) is 9.97 Å². The molecule has 0 amide bonds. The fourth-order valence-electron chi connectivity index (χ4n) is 1.05. The Hall–Kier alpha value is -1.07. The first-order valence-electron chi connectivity index (χ1n) is 4.25. The highest BCUT2D eigenvalue weighted by Gasteiger charge is 2.03. The van der Waals surface area contributed by atoms with Crippen molar-refractivity contribution in [1.82, 2.24) is 9.97 Å². The second kappa shape index (κ2) is 4.63. The Morgan fingerprint density at radius 3 is 2.80 bits per heavy atom. The zero-order chi connectivity index (χ0) is 10.7. The molecule has 2 N–H and O–H groups in total. The van der Waals surface area contributed by atoms with Crippen molar-refractivity contribution in [1.29, 1.82) is 0 Å². The number of aromatic nitrogens is 2. The fraction of sp³-hybridized carbons (Fsp3) is 0. The molecule has 0 aliphatic rings. The lowest BCUT2D eigenvalue weighted by atomic mass is 10.5. The van der Waals surface area contributed by atoms with Crippen LogP contribution in [0, 0.1) is 0 Å². The first-order chi connectivity index (χ1) is 7.25. The van der Waals surface area contributed by atoms with Gasteiger partial charge < -0.3 is 5.73 Å². The van der Waals surface area contributed by atoms with Crippen molar-refractivity contribution < 1.29 is 0 Å². The number of rotatable bonds is 2. The van der Waals surface area contributed by atoms with E-state index in [1.807, 2.05) is 24.3 Å². The lowest BCUT2D eigenvalue weighted by Crippen LogP contribution is -1.88. The van der Waals surface area contributed by atoms with E-state index in [2.05, 4.69) is 25.9 Å². The number of hydrogen-bond donors (Lipinski definition) is 1. The molecule has 0 saturated heterocycles. The van der Waals surface area contributed by atoms with Crippen LogP contribution < -0.4 is 5.73 Å². The summed E-state index contributed by atoms with van der Waals surface area (Å²) in [4.78, 5) is 9.22. The van der Waals surface area contributed by atoms with Crippen LogP contribution in [0.5, 0.6) is 0 Å². The number of nitrogen functional groups attached to an aromatic ring is 1. The molecule has 3 nitrogen and oxygen atoms in total. The lowest BCUT2D eigenvalue weighted by Gasteiger charge is -2.02. The second-order valence-electron chi connectivity index (χ2n) is 2.81. The van der Waals surface area contributed by atoms with Crippen molar-refractivity contribution in [3.8, 4) is 0 Å². The summed E-state index contributed by atoms with van der Waals surface area (Å²) < 4.78 is 0.977. The van der Waals surface area contributed by atoms with Crippen LogP contribution in [-0.4, -0.2) is 9.97 Å². The molecule has 2 aromatic heterocycles. The fourth-order valence-corrected chi connectivity index (χ4v) is 2.36. The SMILES string of the molecule is Nc1cc(Sc2ncccc2Br)ccn1. The van der Waals surface area contributed by atoms with Gasteiger partial charge in [0, 0.05) is 17.3 Å². The van der Waals surface area contributed by atoms with E-state index < -0.39 is 0 Å². The van der Waals surface area contributed by atoms with Gasteiger partial charge in [0.1, 0.15) is 10.8 Å². The molecule has 0 aromatic carbocycles. The van der Waals surface area contributed by atoms with Crippen molar-refractivity contribution in [3.63, 3.8) is 0 Å². The molecule has 0 aliphatic heterocycles. The van der Waals surface area contributed by atoms with E-state index in [1.165, 1.54) is 0 Å². The van der Waals surface area contributed by atoms with Crippen LogP contribution in [0.15, 0.2) is 51.1 Å². The standard InChI is InChI=1S/C10H8BrN3S/c11-8-2-1-4-14-10(8)15-7-3-5-13-9(12)6-7/h1-6H,(H2,12,13). The number of hydrogen-bond acceptors (Lipinski definition) is 4. The molecule has 76 valence electrons. The Bertz CT molecular complexity index is 476. The molecule has 5 heteroatoms. The second-order valence-corrected chi connectivity index (χ2v) is 4.73. The molecule has 0 bridgehead atoms. The summed E-state index contributed by atoms with van der Waals surface area (Å²) in [5.74, 6) is 0.520. The summed E-state index contributed by atoms with van der Waals surface area (Å²) >= 11 is 4.99. The molecule has 0 aliphatic carbocycles. The van der Waals surface area contributed by atoms with Gasteiger partial charge in [0.2, 0.25) is 0 Å². The van der Waals surface area contributed by atoms with Crippen LogP contribution >= 0.6 is 27.7 Å². The molecule has 2 rings (SSSR count). The average Bonchev–Trinajstić information content (AvgIpc) is 2.22. The first kappa shape index (κ1) is 10.4. The molecular weight excluding hydrogens is 274 g/mol.